The molecular weight excluding hydrogens is 260 g/mol. The van der Waals surface area contributed by atoms with Crippen LogP contribution in [0.1, 0.15) is 54.9 Å². The third kappa shape index (κ3) is 7.12. The summed E-state index contributed by atoms with van der Waals surface area (Å²) in [7, 11) is 0. The van der Waals surface area contributed by atoms with Crippen LogP contribution >= 0.6 is 0 Å². The zero-order valence-electron chi connectivity index (χ0n) is 15.4. The monoisotopic (exact) mass is 298 g/mol. The highest BCUT2D eigenvalue weighted by Gasteiger charge is 2.35. The summed E-state index contributed by atoms with van der Waals surface area (Å²) in [5.41, 5.74) is 0.313. The molecule has 0 aromatic heterocycles. The molecule has 0 aromatic carbocycles. The van der Waals surface area contributed by atoms with Crippen molar-refractivity contribution in [3.63, 3.8) is 0 Å². The van der Waals surface area contributed by atoms with Gasteiger partial charge in [-0.05, 0) is 23.7 Å². The van der Waals surface area contributed by atoms with Crippen molar-refractivity contribution in [2.75, 3.05) is 32.8 Å². The van der Waals surface area contributed by atoms with Crippen LogP contribution in [-0.4, -0.2) is 49.8 Å². The van der Waals surface area contributed by atoms with E-state index < -0.39 is 0 Å². The molecule has 21 heavy (non-hydrogen) atoms. The quantitative estimate of drug-likeness (QED) is 0.729. The Kier molecular flexibility index (Phi) is 7.66. The highest BCUT2D eigenvalue weighted by molar-refractivity contribution is 4.92. The molecule has 0 aliphatic carbocycles. The standard InChI is InChI=1S/C18H38N2O/c1-14(2)10-16-12-20(8-9-21-13-15(3)4)17(11-19-16)18(5,6)7/h14-17,19H,8-13H2,1-7H3. The Morgan fingerprint density at radius 2 is 1.81 bits per heavy atom. The SMILES string of the molecule is CC(C)COCCN1CC(CC(C)C)NCC1C(C)(C)C. The second kappa shape index (κ2) is 8.50. The van der Waals surface area contributed by atoms with Crippen LogP contribution in [0.15, 0.2) is 0 Å². The maximum absolute atomic E-state index is 5.81. The molecule has 0 radical (unpaired) electrons. The first kappa shape index (κ1) is 18.9. The summed E-state index contributed by atoms with van der Waals surface area (Å²) in [6, 6.07) is 1.23. The molecule has 1 N–H and O–H groups in total. The maximum atomic E-state index is 5.81. The Morgan fingerprint density at radius 1 is 1.14 bits per heavy atom. The zero-order valence-corrected chi connectivity index (χ0v) is 15.4. The van der Waals surface area contributed by atoms with Crippen molar-refractivity contribution in [3.8, 4) is 0 Å². The molecule has 0 aromatic rings. The Labute approximate surface area is 132 Å². The van der Waals surface area contributed by atoms with E-state index in [1.807, 2.05) is 0 Å². The van der Waals surface area contributed by atoms with Gasteiger partial charge in [0.05, 0.1) is 6.61 Å². The van der Waals surface area contributed by atoms with Gasteiger partial charge in [-0.25, -0.2) is 0 Å². The molecule has 1 rings (SSSR count). The van der Waals surface area contributed by atoms with Crippen molar-refractivity contribution in [1.82, 2.24) is 10.2 Å². The van der Waals surface area contributed by atoms with E-state index in [0.29, 0.717) is 23.4 Å². The number of nitrogens with zero attached hydrogens (tertiary/aromatic N) is 1. The third-order valence-corrected chi connectivity index (χ3v) is 4.23. The van der Waals surface area contributed by atoms with Crippen molar-refractivity contribution < 1.29 is 4.74 Å². The van der Waals surface area contributed by atoms with Crippen LogP contribution in [0.5, 0.6) is 0 Å². The second-order valence-corrected chi connectivity index (χ2v) is 8.58. The van der Waals surface area contributed by atoms with E-state index in [4.69, 9.17) is 4.74 Å². The van der Waals surface area contributed by atoms with Gasteiger partial charge in [-0.1, -0.05) is 48.5 Å². The maximum Gasteiger partial charge on any atom is 0.0593 e. The van der Waals surface area contributed by atoms with Gasteiger partial charge < -0.3 is 10.1 Å². The van der Waals surface area contributed by atoms with Gasteiger partial charge in [0.15, 0.2) is 0 Å². The summed E-state index contributed by atoms with van der Waals surface area (Å²) >= 11 is 0. The molecule has 2 atom stereocenters. The van der Waals surface area contributed by atoms with Gasteiger partial charge in [-0.2, -0.15) is 0 Å². The minimum Gasteiger partial charge on any atom is -0.380 e. The van der Waals surface area contributed by atoms with Crippen LogP contribution in [0.3, 0.4) is 0 Å². The van der Waals surface area contributed by atoms with Crippen molar-refractivity contribution in [1.29, 1.82) is 0 Å². The molecule has 0 bridgehead atoms. The predicted molar refractivity (Wildman–Crippen MR) is 91.7 cm³/mol. The van der Waals surface area contributed by atoms with E-state index in [9.17, 15) is 0 Å². The molecule has 0 amide bonds. The lowest BCUT2D eigenvalue weighted by atomic mass is 9.83. The van der Waals surface area contributed by atoms with Gasteiger partial charge in [0.25, 0.3) is 0 Å². The molecule has 1 aliphatic rings. The van der Waals surface area contributed by atoms with E-state index in [1.54, 1.807) is 0 Å². The number of ether oxygens (including phenoxy) is 1. The average Bonchev–Trinajstić information content (AvgIpc) is 2.32. The van der Waals surface area contributed by atoms with Crippen molar-refractivity contribution in [3.05, 3.63) is 0 Å². The van der Waals surface area contributed by atoms with Crippen LogP contribution in [0, 0.1) is 17.3 Å². The lowest BCUT2D eigenvalue weighted by Gasteiger charge is -2.46. The molecule has 0 spiro atoms. The summed E-state index contributed by atoms with van der Waals surface area (Å²) < 4.78 is 5.81. The summed E-state index contributed by atoms with van der Waals surface area (Å²) in [6.07, 6.45) is 1.26. The fourth-order valence-electron chi connectivity index (χ4n) is 3.21. The first-order valence-electron chi connectivity index (χ1n) is 8.75. The number of rotatable bonds is 7. The predicted octanol–water partition coefficient (Wildman–Crippen LogP) is 3.39. The van der Waals surface area contributed by atoms with Gasteiger partial charge in [0, 0.05) is 38.3 Å². The minimum absolute atomic E-state index is 0.313. The van der Waals surface area contributed by atoms with Crippen LogP contribution in [0.4, 0.5) is 0 Å². The van der Waals surface area contributed by atoms with Crippen LogP contribution < -0.4 is 5.32 Å². The lowest BCUT2D eigenvalue weighted by Crippen LogP contribution is -2.61. The largest absolute Gasteiger partial charge is 0.380 e. The van der Waals surface area contributed by atoms with Gasteiger partial charge in [0.1, 0.15) is 0 Å². The van der Waals surface area contributed by atoms with Gasteiger partial charge in [0.2, 0.25) is 0 Å². The molecule has 3 nitrogen and oxygen atoms in total. The Balaban J connectivity index is 2.52. The fraction of sp³-hybridized carbons (Fsp3) is 1.00. The summed E-state index contributed by atoms with van der Waals surface area (Å²) in [5.74, 6) is 1.38. The third-order valence-electron chi connectivity index (χ3n) is 4.23. The highest BCUT2D eigenvalue weighted by Crippen LogP contribution is 2.27. The molecule has 0 saturated carbocycles. The first-order chi connectivity index (χ1) is 9.70. The molecule has 1 saturated heterocycles. The summed E-state index contributed by atoms with van der Waals surface area (Å²) in [5, 5.41) is 3.76. The highest BCUT2D eigenvalue weighted by atomic mass is 16.5. The lowest BCUT2D eigenvalue weighted by molar-refractivity contribution is 0.0176. The molecule has 1 heterocycles. The van der Waals surface area contributed by atoms with E-state index in [1.165, 1.54) is 6.42 Å². The molecule has 2 unspecified atom stereocenters. The minimum atomic E-state index is 0.313. The fourth-order valence-corrected chi connectivity index (χ4v) is 3.21. The Bertz CT molecular complexity index is 283. The Hall–Kier alpha value is -0.120. The van der Waals surface area contributed by atoms with Gasteiger partial charge >= 0.3 is 0 Å². The molecule has 3 heteroatoms. The van der Waals surface area contributed by atoms with E-state index in [2.05, 4.69) is 58.7 Å². The average molecular weight is 299 g/mol. The second-order valence-electron chi connectivity index (χ2n) is 8.58. The van der Waals surface area contributed by atoms with Gasteiger partial charge in [-0.3, -0.25) is 4.90 Å². The number of piperazine rings is 1. The number of hydrogen-bond donors (Lipinski definition) is 1. The van der Waals surface area contributed by atoms with E-state index >= 15 is 0 Å². The number of hydrogen-bond acceptors (Lipinski definition) is 3. The molecular formula is C18H38N2O. The topological polar surface area (TPSA) is 24.5 Å². The van der Waals surface area contributed by atoms with Crippen molar-refractivity contribution >= 4 is 0 Å². The van der Waals surface area contributed by atoms with E-state index in [0.717, 1.165) is 38.8 Å². The van der Waals surface area contributed by atoms with Crippen LogP contribution in [0.25, 0.3) is 0 Å². The smallest absolute Gasteiger partial charge is 0.0593 e. The molecule has 1 fully saturated rings. The zero-order chi connectivity index (χ0) is 16.0. The molecule has 126 valence electrons. The summed E-state index contributed by atoms with van der Waals surface area (Å²) in [4.78, 5) is 2.66. The van der Waals surface area contributed by atoms with Crippen LogP contribution in [0.2, 0.25) is 0 Å². The van der Waals surface area contributed by atoms with Crippen molar-refractivity contribution in [2.24, 2.45) is 17.3 Å². The molecule has 1 aliphatic heterocycles. The first-order valence-corrected chi connectivity index (χ1v) is 8.75. The number of nitrogens with one attached hydrogen (secondary N) is 1. The normalized spacial score (nSPS) is 25.0. The Morgan fingerprint density at radius 3 is 2.33 bits per heavy atom. The van der Waals surface area contributed by atoms with Gasteiger partial charge in [-0.15, -0.1) is 0 Å². The van der Waals surface area contributed by atoms with E-state index in [-0.39, 0.29) is 0 Å². The summed E-state index contributed by atoms with van der Waals surface area (Å²) in [6.45, 7) is 21.2. The van der Waals surface area contributed by atoms with Crippen molar-refractivity contribution in [2.45, 2.75) is 67.0 Å². The van der Waals surface area contributed by atoms with Crippen LogP contribution in [-0.2, 0) is 4.74 Å².